The Kier molecular flexibility index (Phi) is 3.88. The molecule has 2 heterocycles. The van der Waals surface area contributed by atoms with Crippen molar-refractivity contribution in [1.82, 2.24) is 4.98 Å². The van der Waals surface area contributed by atoms with Gasteiger partial charge in [-0.2, -0.15) is 0 Å². The lowest BCUT2D eigenvalue weighted by atomic mass is 10.1. The molecule has 1 N–H and O–H groups in total. The number of hydrogen-bond acceptors (Lipinski definition) is 5. The molecule has 8 heteroatoms. The van der Waals surface area contributed by atoms with Crippen LogP contribution in [0.15, 0.2) is 40.7 Å². The predicted molar refractivity (Wildman–Crippen MR) is 85.5 cm³/mol. The van der Waals surface area contributed by atoms with E-state index in [2.05, 4.69) is 9.71 Å². The molecule has 0 aliphatic carbocycles. The first-order chi connectivity index (χ1) is 10.5. The van der Waals surface area contributed by atoms with Crippen molar-refractivity contribution in [3.05, 3.63) is 35.8 Å². The van der Waals surface area contributed by atoms with Gasteiger partial charge in [0.25, 0.3) is 10.0 Å². The van der Waals surface area contributed by atoms with Crippen molar-refractivity contribution in [3.63, 3.8) is 0 Å². The van der Waals surface area contributed by atoms with Crippen molar-refractivity contribution < 1.29 is 13.2 Å². The fraction of sp³-hybridized carbons (Fsp3) is 0.286. The minimum absolute atomic E-state index is 0.0231. The number of thiazole rings is 1. The molecule has 1 fully saturated rings. The standard InChI is InChI=1S/C14H15N3O3S2/c1-10-6-8-17(13(10)18)11-2-4-12(5-3-11)22(19,20)16-14-15-7-9-21-14/h2-5,7,9-10H,6,8H2,1H3,(H,15,16)/t10-/m1/s1. The number of nitrogens with one attached hydrogen (secondary N) is 1. The van der Waals surface area contributed by atoms with E-state index in [9.17, 15) is 13.2 Å². The Labute approximate surface area is 132 Å². The number of benzene rings is 1. The number of amides is 1. The maximum Gasteiger partial charge on any atom is 0.263 e. The summed E-state index contributed by atoms with van der Waals surface area (Å²) in [7, 11) is -3.65. The van der Waals surface area contributed by atoms with Crippen LogP contribution in [0.4, 0.5) is 10.8 Å². The smallest absolute Gasteiger partial charge is 0.263 e. The summed E-state index contributed by atoms with van der Waals surface area (Å²) in [6, 6.07) is 6.32. The summed E-state index contributed by atoms with van der Waals surface area (Å²) in [5.74, 6) is 0.103. The Bertz CT molecular complexity index is 770. The molecule has 1 saturated heterocycles. The third-order valence-corrected chi connectivity index (χ3v) is 5.76. The highest BCUT2D eigenvalue weighted by Gasteiger charge is 2.29. The van der Waals surface area contributed by atoms with Gasteiger partial charge in [-0.15, -0.1) is 11.3 Å². The van der Waals surface area contributed by atoms with Crippen LogP contribution in [0.5, 0.6) is 0 Å². The molecule has 1 aliphatic heterocycles. The molecule has 1 atom stereocenters. The highest BCUT2D eigenvalue weighted by Crippen LogP contribution is 2.26. The summed E-state index contributed by atoms with van der Waals surface area (Å²) in [6.07, 6.45) is 2.36. The number of hydrogen-bond donors (Lipinski definition) is 1. The van der Waals surface area contributed by atoms with Crippen molar-refractivity contribution in [1.29, 1.82) is 0 Å². The summed E-state index contributed by atoms with van der Waals surface area (Å²) in [6.45, 7) is 2.57. The van der Waals surface area contributed by atoms with Gasteiger partial charge in [-0.1, -0.05) is 6.92 Å². The third kappa shape index (κ3) is 2.84. The van der Waals surface area contributed by atoms with Crippen LogP contribution in [0.25, 0.3) is 0 Å². The molecule has 22 heavy (non-hydrogen) atoms. The molecule has 1 aliphatic rings. The van der Waals surface area contributed by atoms with E-state index in [1.807, 2.05) is 6.92 Å². The van der Waals surface area contributed by atoms with Crippen LogP contribution in [0.1, 0.15) is 13.3 Å². The van der Waals surface area contributed by atoms with Gasteiger partial charge in [0.2, 0.25) is 5.91 Å². The van der Waals surface area contributed by atoms with Crippen LogP contribution >= 0.6 is 11.3 Å². The number of nitrogens with zero attached hydrogens (tertiary/aromatic N) is 2. The fourth-order valence-corrected chi connectivity index (χ4v) is 4.12. The average Bonchev–Trinajstić information content (AvgIpc) is 3.10. The molecule has 2 aromatic rings. The highest BCUT2D eigenvalue weighted by molar-refractivity contribution is 7.93. The Morgan fingerprint density at radius 2 is 2.05 bits per heavy atom. The predicted octanol–water partition coefficient (Wildman–Crippen LogP) is 2.32. The van der Waals surface area contributed by atoms with E-state index in [-0.39, 0.29) is 16.7 Å². The van der Waals surface area contributed by atoms with E-state index in [4.69, 9.17) is 0 Å². The van der Waals surface area contributed by atoms with Gasteiger partial charge in [-0.25, -0.2) is 13.4 Å². The lowest BCUT2D eigenvalue weighted by Gasteiger charge is -2.16. The molecule has 0 radical (unpaired) electrons. The second-order valence-electron chi connectivity index (χ2n) is 5.12. The first kappa shape index (κ1) is 15.0. The number of sulfonamides is 1. The molecule has 0 saturated carbocycles. The van der Waals surface area contributed by atoms with Gasteiger partial charge in [0.15, 0.2) is 5.13 Å². The second kappa shape index (κ2) is 5.69. The van der Waals surface area contributed by atoms with Gasteiger partial charge in [0.05, 0.1) is 4.90 Å². The van der Waals surface area contributed by atoms with E-state index < -0.39 is 10.0 Å². The summed E-state index contributed by atoms with van der Waals surface area (Å²) in [5, 5.41) is 2.02. The SMILES string of the molecule is C[C@@H]1CCN(c2ccc(S(=O)(=O)Nc3nccs3)cc2)C1=O. The van der Waals surface area contributed by atoms with Crippen molar-refractivity contribution in [2.45, 2.75) is 18.2 Å². The fourth-order valence-electron chi connectivity index (χ4n) is 2.33. The van der Waals surface area contributed by atoms with E-state index >= 15 is 0 Å². The van der Waals surface area contributed by atoms with E-state index in [0.29, 0.717) is 11.7 Å². The molecule has 0 spiro atoms. The number of anilines is 2. The van der Waals surface area contributed by atoms with Crippen LogP contribution in [0.3, 0.4) is 0 Å². The van der Waals surface area contributed by atoms with Crippen LogP contribution in [-0.4, -0.2) is 25.9 Å². The highest BCUT2D eigenvalue weighted by atomic mass is 32.2. The molecular weight excluding hydrogens is 322 g/mol. The van der Waals surface area contributed by atoms with Crippen LogP contribution < -0.4 is 9.62 Å². The molecule has 1 amide bonds. The van der Waals surface area contributed by atoms with Gasteiger partial charge in [0, 0.05) is 29.7 Å². The summed E-state index contributed by atoms with van der Waals surface area (Å²) in [5.41, 5.74) is 0.725. The molecule has 6 nitrogen and oxygen atoms in total. The summed E-state index contributed by atoms with van der Waals surface area (Å²) < 4.78 is 26.9. The van der Waals surface area contributed by atoms with Gasteiger partial charge >= 0.3 is 0 Å². The zero-order chi connectivity index (χ0) is 15.7. The summed E-state index contributed by atoms with van der Waals surface area (Å²) >= 11 is 1.21. The quantitative estimate of drug-likeness (QED) is 0.928. The van der Waals surface area contributed by atoms with Crippen molar-refractivity contribution in [2.75, 3.05) is 16.2 Å². The Morgan fingerprint density at radius 1 is 1.32 bits per heavy atom. The van der Waals surface area contributed by atoms with Crippen LogP contribution in [-0.2, 0) is 14.8 Å². The largest absolute Gasteiger partial charge is 0.312 e. The van der Waals surface area contributed by atoms with Crippen molar-refractivity contribution in [3.8, 4) is 0 Å². The first-order valence-corrected chi connectivity index (χ1v) is 9.17. The van der Waals surface area contributed by atoms with Crippen LogP contribution in [0.2, 0.25) is 0 Å². The zero-order valence-corrected chi connectivity index (χ0v) is 13.5. The maximum atomic E-state index is 12.2. The molecule has 1 aromatic carbocycles. The molecule has 3 rings (SSSR count). The number of carbonyl (C=O) groups excluding carboxylic acids is 1. The van der Waals surface area contributed by atoms with Gasteiger partial charge in [-0.3, -0.25) is 9.52 Å². The lowest BCUT2D eigenvalue weighted by molar-refractivity contribution is -0.119. The van der Waals surface area contributed by atoms with Gasteiger partial charge in [-0.05, 0) is 30.7 Å². The number of rotatable bonds is 4. The second-order valence-corrected chi connectivity index (χ2v) is 7.69. The van der Waals surface area contributed by atoms with Crippen LogP contribution in [0, 0.1) is 5.92 Å². The van der Waals surface area contributed by atoms with E-state index in [0.717, 1.165) is 12.1 Å². The normalized spacial score (nSPS) is 18.7. The molecule has 0 unspecified atom stereocenters. The topological polar surface area (TPSA) is 79.4 Å². The minimum Gasteiger partial charge on any atom is -0.312 e. The molecular formula is C14H15N3O3S2. The lowest BCUT2D eigenvalue weighted by Crippen LogP contribution is -2.26. The van der Waals surface area contributed by atoms with Crippen molar-refractivity contribution in [2.24, 2.45) is 5.92 Å². The Morgan fingerprint density at radius 3 is 2.59 bits per heavy atom. The average molecular weight is 337 g/mol. The number of carbonyl (C=O) groups is 1. The molecule has 116 valence electrons. The molecule has 0 bridgehead atoms. The first-order valence-electron chi connectivity index (χ1n) is 6.81. The van der Waals surface area contributed by atoms with E-state index in [1.54, 1.807) is 22.4 Å². The van der Waals surface area contributed by atoms with Gasteiger partial charge in [0.1, 0.15) is 0 Å². The van der Waals surface area contributed by atoms with Gasteiger partial charge < -0.3 is 4.90 Å². The minimum atomic E-state index is -3.65. The monoisotopic (exact) mass is 337 g/mol. The maximum absolute atomic E-state index is 12.2. The molecule has 1 aromatic heterocycles. The third-order valence-electron chi connectivity index (χ3n) is 3.59. The van der Waals surface area contributed by atoms with Crippen molar-refractivity contribution >= 4 is 38.1 Å². The van der Waals surface area contributed by atoms with E-state index in [1.165, 1.54) is 29.7 Å². The Balaban J connectivity index is 1.81. The summed E-state index contributed by atoms with van der Waals surface area (Å²) in [4.78, 5) is 17.7. The Hall–Kier alpha value is -1.93. The zero-order valence-electron chi connectivity index (χ0n) is 11.9. The number of aromatic nitrogens is 1.